The number of nitrogens with zero attached hydrogens (tertiary/aromatic N) is 1. The van der Waals surface area contributed by atoms with E-state index in [0.717, 1.165) is 44.9 Å². The number of nitrogens with one attached hydrogen (secondary N) is 1. The van der Waals surface area contributed by atoms with Crippen molar-refractivity contribution in [3.63, 3.8) is 0 Å². The van der Waals surface area contributed by atoms with Crippen molar-refractivity contribution in [2.45, 2.75) is 20.8 Å². The van der Waals surface area contributed by atoms with Gasteiger partial charge in [0.25, 0.3) is 0 Å². The summed E-state index contributed by atoms with van der Waals surface area (Å²) in [6.45, 7) is 16.9. The molecule has 0 aromatic carbocycles. The van der Waals surface area contributed by atoms with Gasteiger partial charge in [-0.05, 0) is 20.0 Å². The molecule has 0 aliphatic carbocycles. The van der Waals surface area contributed by atoms with Crippen LogP contribution in [0.4, 0.5) is 0 Å². The van der Waals surface area contributed by atoms with E-state index in [1.165, 1.54) is 0 Å². The monoisotopic (exact) mass is 214 g/mol. The highest BCUT2D eigenvalue weighted by Gasteiger charge is 1.96. The summed E-state index contributed by atoms with van der Waals surface area (Å²) in [5.74, 6) is 0. The summed E-state index contributed by atoms with van der Waals surface area (Å²) in [5, 5.41) is 3.36. The molecule has 0 aliphatic heterocycles. The lowest BCUT2D eigenvalue weighted by Crippen LogP contribution is -2.33. The molecule has 0 atom stereocenters. The number of likely N-dealkylation sites (N-methyl/N-ethyl adjacent to an activating group) is 1. The molecule has 0 aliphatic rings. The number of rotatable bonds is 10. The Bertz CT molecular complexity index is 156. The molecule has 0 aromatic heterocycles. The van der Waals surface area contributed by atoms with Crippen LogP contribution in [-0.4, -0.2) is 50.8 Å². The third-order valence-corrected chi connectivity index (χ3v) is 2.27. The molecule has 0 bridgehead atoms. The Kier molecular flexibility index (Phi) is 9.89. The van der Waals surface area contributed by atoms with Crippen LogP contribution >= 0.6 is 0 Å². The van der Waals surface area contributed by atoms with Crippen molar-refractivity contribution in [2.75, 3.05) is 45.9 Å². The van der Waals surface area contributed by atoms with Crippen molar-refractivity contribution in [2.24, 2.45) is 0 Å². The SMILES string of the molecule is C=C(C)COCCNCCN(CC)CC. The first kappa shape index (κ1) is 14.6. The molecule has 3 nitrogen and oxygen atoms in total. The second-order valence-corrected chi connectivity index (χ2v) is 3.79. The molecule has 90 valence electrons. The summed E-state index contributed by atoms with van der Waals surface area (Å²) < 4.78 is 5.38. The number of hydrogen-bond donors (Lipinski definition) is 1. The summed E-state index contributed by atoms with van der Waals surface area (Å²) in [6.07, 6.45) is 0. The normalized spacial score (nSPS) is 10.9. The van der Waals surface area contributed by atoms with Crippen LogP contribution in [0.15, 0.2) is 12.2 Å². The molecule has 0 amide bonds. The van der Waals surface area contributed by atoms with Gasteiger partial charge in [-0.2, -0.15) is 0 Å². The molecular weight excluding hydrogens is 188 g/mol. The van der Waals surface area contributed by atoms with E-state index in [1.807, 2.05) is 6.92 Å². The minimum absolute atomic E-state index is 0.678. The van der Waals surface area contributed by atoms with Crippen molar-refractivity contribution in [1.82, 2.24) is 10.2 Å². The fourth-order valence-electron chi connectivity index (χ4n) is 1.29. The fraction of sp³-hybridized carbons (Fsp3) is 0.833. The van der Waals surface area contributed by atoms with Crippen LogP contribution in [0.3, 0.4) is 0 Å². The van der Waals surface area contributed by atoms with Gasteiger partial charge in [-0.3, -0.25) is 0 Å². The van der Waals surface area contributed by atoms with E-state index in [2.05, 4.69) is 30.6 Å². The molecule has 0 aromatic rings. The molecule has 15 heavy (non-hydrogen) atoms. The van der Waals surface area contributed by atoms with Crippen LogP contribution in [0.5, 0.6) is 0 Å². The first-order valence-electron chi connectivity index (χ1n) is 5.85. The van der Waals surface area contributed by atoms with Crippen molar-refractivity contribution >= 4 is 0 Å². The lowest BCUT2D eigenvalue weighted by atomic mass is 10.4. The Morgan fingerprint density at radius 1 is 1.27 bits per heavy atom. The lowest BCUT2D eigenvalue weighted by molar-refractivity contribution is 0.157. The summed E-state index contributed by atoms with van der Waals surface area (Å²) in [7, 11) is 0. The molecule has 0 spiro atoms. The van der Waals surface area contributed by atoms with Crippen molar-refractivity contribution in [3.8, 4) is 0 Å². The molecule has 1 N–H and O–H groups in total. The maximum atomic E-state index is 5.38. The van der Waals surface area contributed by atoms with Crippen LogP contribution in [-0.2, 0) is 4.74 Å². The molecule has 0 saturated carbocycles. The Labute approximate surface area is 94.5 Å². The molecule has 0 saturated heterocycles. The topological polar surface area (TPSA) is 24.5 Å². The first-order chi connectivity index (χ1) is 7.20. The summed E-state index contributed by atoms with van der Waals surface area (Å²) in [5.41, 5.74) is 1.08. The Hall–Kier alpha value is -0.380. The minimum atomic E-state index is 0.678. The third-order valence-electron chi connectivity index (χ3n) is 2.27. The van der Waals surface area contributed by atoms with Gasteiger partial charge in [-0.15, -0.1) is 0 Å². The smallest absolute Gasteiger partial charge is 0.0672 e. The van der Waals surface area contributed by atoms with E-state index < -0.39 is 0 Å². The highest BCUT2D eigenvalue weighted by atomic mass is 16.5. The van der Waals surface area contributed by atoms with Crippen LogP contribution in [0.2, 0.25) is 0 Å². The number of hydrogen-bond acceptors (Lipinski definition) is 3. The summed E-state index contributed by atoms with van der Waals surface area (Å²) in [6, 6.07) is 0. The fourth-order valence-corrected chi connectivity index (χ4v) is 1.29. The first-order valence-corrected chi connectivity index (χ1v) is 5.85. The quantitative estimate of drug-likeness (QED) is 0.441. The van der Waals surface area contributed by atoms with Crippen LogP contribution in [0, 0.1) is 0 Å². The van der Waals surface area contributed by atoms with Crippen LogP contribution in [0.1, 0.15) is 20.8 Å². The molecule has 0 radical (unpaired) electrons. The van der Waals surface area contributed by atoms with Gasteiger partial charge in [-0.1, -0.05) is 26.0 Å². The standard InChI is InChI=1S/C12H26N2O/c1-5-14(6-2)9-7-13-8-10-15-11-12(3)4/h13H,3,5-11H2,1-2,4H3. The lowest BCUT2D eigenvalue weighted by Gasteiger charge is -2.17. The van der Waals surface area contributed by atoms with E-state index in [9.17, 15) is 0 Å². The third kappa shape index (κ3) is 9.91. The van der Waals surface area contributed by atoms with Gasteiger partial charge >= 0.3 is 0 Å². The highest BCUT2D eigenvalue weighted by molar-refractivity contribution is 4.87. The highest BCUT2D eigenvalue weighted by Crippen LogP contribution is 1.87. The number of ether oxygens (including phenoxy) is 1. The predicted molar refractivity (Wildman–Crippen MR) is 66.3 cm³/mol. The van der Waals surface area contributed by atoms with Gasteiger partial charge in [0.2, 0.25) is 0 Å². The average Bonchev–Trinajstić information content (AvgIpc) is 2.22. The molecule has 0 fully saturated rings. The maximum Gasteiger partial charge on any atom is 0.0672 e. The minimum Gasteiger partial charge on any atom is -0.376 e. The van der Waals surface area contributed by atoms with Gasteiger partial charge in [0.1, 0.15) is 0 Å². The molecule has 0 unspecified atom stereocenters. The Morgan fingerprint density at radius 2 is 1.93 bits per heavy atom. The average molecular weight is 214 g/mol. The van der Waals surface area contributed by atoms with Crippen molar-refractivity contribution in [3.05, 3.63) is 12.2 Å². The molecular formula is C12H26N2O. The van der Waals surface area contributed by atoms with Crippen molar-refractivity contribution < 1.29 is 4.74 Å². The largest absolute Gasteiger partial charge is 0.376 e. The van der Waals surface area contributed by atoms with E-state index in [1.54, 1.807) is 0 Å². The van der Waals surface area contributed by atoms with Gasteiger partial charge < -0.3 is 15.0 Å². The van der Waals surface area contributed by atoms with Gasteiger partial charge in [-0.25, -0.2) is 0 Å². The van der Waals surface area contributed by atoms with E-state index in [4.69, 9.17) is 4.74 Å². The molecule has 0 heterocycles. The Morgan fingerprint density at radius 3 is 2.47 bits per heavy atom. The summed E-state index contributed by atoms with van der Waals surface area (Å²) in [4.78, 5) is 2.40. The Balaban J connectivity index is 3.14. The van der Waals surface area contributed by atoms with Crippen molar-refractivity contribution in [1.29, 1.82) is 0 Å². The predicted octanol–water partition coefficient (Wildman–Crippen LogP) is 1.51. The van der Waals surface area contributed by atoms with E-state index >= 15 is 0 Å². The maximum absolute atomic E-state index is 5.38. The zero-order valence-corrected chi connectivity index (χ0v) is 10.5. The molecule has 3 heteroatoms. The summed E-state index contributed by atoms with van der Waals surface area (Å²) >= 11 is 0. The zero-order chi connectivity index (χ0) is 11.5. The van der Waals surface area contributed by atoms with E-state index in [0.29, 0.717) is 6.61 Å². The van der Waals surface area contributed by atoms with Crippen LogP contribution < -0.4 is 5.32 Å². The zero-order valence-electron chi connectivity index (χ0n) is 10.5. The second kappa shape index (κ2) is 10.1. The second-order valence-electron chi connectivity index (χ2n) is 3.79. The van der Waals surface area contributed by atoms with Crippen LogP contribution in [0.25, 0.3) is 0 Å². The molecule has 0 rings (SSSR count). The van der Waals surface area contributed by atoms with Gasteiger partial charge in [0.05, 0.1) is 13.2 Å². The van der Waals surface area contributed by atoms with Gasteiger partial charge in [0, 0.05) is 19.6 Å². The van der Waals surface area contributed by atoms with Gasteiger partial charge in [0.15, 0.2) is 0 Å². The van der Waals surface area contributed by atoms with E-state index in [-0.39, 0.29) is 0 Å².